The van der Waals surface area contributed by atoms with Crippen LogP contribution < -0.4 is 4.90 Å². The first-order chi connectivity index (χ1) is 9.72. The fourth-order valence-electron chi connectivity index (χ4n) is 1.84. The van der Waals surface area contributed by atoms with E-state index in [0.29, 0.717) is 18.3 Å². The van der Waals surface area contributed by atoms with Crippen molar-refractivity contribution in [1.82, 2.24) is 10.2 Å². The largest absolute Gasteiger partial charge is 0.508 e. The number of rotatable bonds is 4. The van der Waals surface area contributed by atoms with Gasteiger partial charge in [0.1, 0.15) is 5.75 Å². The third kappa shape index (κ3) is 2.65. The summed E-state index contributed by atoms with van der Waals surface area (Å²) in [7, 11) is 1.91. The standard InChI is InChI=1S/C14H13N3O2S/c1-17(10-4-2-5-11(18)8-10)9-13-15-16-14(19-13)12-6-3-7-20-12/h2-8,18H,9H2,1H3. The highest BCUT2D eigenvalue weighted by molar-refractivity contribution is 7.13. The van der Waals surface area contributed by atoms with Gasteiger partial charge in [-0.05, 0) is 23.6 Å². The van der Waals surface area contributed by atoms with Gasteiger partial charge in [-0.25, -0.2) is 0 Å². The van der Waals surface area contributed by atoms with Crippen molar-refractivity contribution in [2.75, 3.05) is 11.9 Å². The first-order valence-corrected chi connectivity index (χ1v) is 6.97. The minimum atomic E-state index is 0.235. The fraction of sp³-hybridized carbons (Fsp3) is 0.143. The van der Waals surface area contributed by atoms with E-state index in [2.05, 4.69) is 10.2 Å². The van der Waals surface area contributed by atoms with E-state index < -0.39 is 0 Å². The zero-order valence-corrected chi connectivity index (χ0v) is 11.7. The second kappa shape index (κ2) is 5.34. The van der Waals surface area contributed by atoms with Crippen molar-refractivity contribution >= 4 is 17.0 Å². The molecule has 0 fully saturated rings. The quantitative estimate of drug-likeness (QED) is 0.798. The molecule has 0 saturated heterocycles. The molecular weight excluding hydrogens is 274 g/mol. The molecule has 0 radical (unpaired) electrons. The first kappa shape index (κ1) is 12.7. The summed E-state index contributed by atoms with van der Waals surface area (Å²) >= 11 is 1.56. The molecule has 0 aliphatic carbocycles. The molecule has 0 atom stereocenters. The van der Waals surface area contributed by atoms with E-state index in [1.165, 1.54) is 0 Å². The van der Waals surface area contributed by atoms with E-state index >= 15 is 0 Å². The van der Waals surface area contributed by atoms with Crippen LogP contribution in [0, 0.1) is 0 Å². The van der Waals surface area contributed by atoms with Gasteiger partial charge in [-0.3, -0.25) is 0 Å². The van der Waals surface area contributed by atoms with Gasteiger partial charge in [0.25, 0.3) is 5.89 Å². The van der Waals surface area contributed by atoms with Crippen LogP contribution >= 0.6 is 11.3 Å². The molecule has 2 heterocycles. The van der Waals surface area contributed by atoms with Gasteiger partial charge in [0.2, 0.25) is 5.89 Å². The maximum Gasteiger partial charge on any atom is 0.257 e. The van der Waals surface area contributed by atoms with Crippen molar-refractivity contribution in [1.29, 1.82) is 0 Å². The molecule has 1 N–H and O–H groups in total. The summed E-state index contributed by atoms with van der Waals surface area (Å²) in [5.41, 5.74) is 0.890. The minimum absolute atomic E-state index is 0.235. The molecule has 20 heavy (non-hydrogen) atoms. The van der Waals surface area contributed by atoms with Crippen LogP contribution in [0.15, 0.2) is 46.2 Å². The van der Waals surface area contributed by atoms with E-state index in [1.807, 2.05) is 35.5 Å². The average Bonchev–Trinajstić information content (AvgIpc) is 3.08. The summed E-state index contributed by atoms with van der Waals surface area (Å²) < 4.78 is 5.63. The third-order valence-electron chi connectivity index (χ3n) is 2.84. The normalized spacial score (nSPS) is 10.7. The summed E-state index contributed by atoms with van der Waals surface area (Å²) in [6.07, 6.45) is 0. The van der Waals surface area contributed by atoms with Crippen LogP contribution in [0.4, 0.5) is 5.69 Å². The van der Waals surface area contributed by atoms with E-state index in [0.717, 1.165) is 10.6 Å². The van der Waals surface area contributed by atoms with Crippen molar-refractivity contribution < 1.29 is 9.52 Å². The lowest BCUT2D eigenvalue weighted by molar-refractivity contribution is 0.474. The van der Waals surface area contributed by atoms with Gasteiger partial charge >= 0.3 is 0 Å². The zero-order valence-electron chi connectivity index (χ0n) is 10.9. The summed E-state index contributed by atoms with van der Waals surface area (Å²) in [6, 6.07) is 10.9. The highest BCUT2D eigenvalue weighted by Crippen LogP contribution is 2.24. The number of aromatic nitrogens is 2. The summed E-state index contributed by atoms with van der Waals surface area (Å²) in [5, 5.41) is 19.5. The van der Waals surface area contributed by atoms with Gasteiger partial charge in [0, 0.05) is 18.8 Å². The van der Waals surface area contributed by atoms with Gasteiger partial charge in [-0.2, -0.15) is 0 Å². The number of aromatic hydroxyl groups is 1. The lowest BCUT2D eigenvalue weighted by Crippen LogP contribution is -2.16. The summed E-state index contributed by atoms with van der Waals surface area (Å²) in [5.74, 6) is 1.32. The SMILES string of the molecule is CN(Cc1nnc(-c2cccs2)o1)c1cccc(O)c1. The van der Waals surface area contributed by atoms with Crippen molar-refractivity contribution in [3.63, 3.8) is 0 Å². The van der Waals surface area contributed by atoms with E-state index in [1.54, 1.807) is 29.5 Å². The molecule has 6 heteroatoms. The van der Waals surface area contributed by atoms with Crippen molar-refractivity contribution in [3.05, 3.63) is 47.7 Å². The van der Waals surface area contributed by atoms with Crippen LogP contribution in [0.5, 0.6) is 5.75 Å². The number of phenols is 1. The monoisotopic (exact) mass is 287 g/mol. The number of hydrogen-bond donors (Lipinski definition) is 1. The maximum atomic E-state index is 9.48. The van der Waals surface area contributed by atoms with Gasteiger partial charge in [-0.15, -0.1) is 21.5 Å². The van der Waals surface area contributed by atoms with E-state index in [9.17, 15) is 5.11 Å². The molecule has 0 spiro atoms. The second-order valence-corrected chi connectivity index (χ2v) is 5.30. The Morgan fingerprint density at radius 3 is 2.90 bits per heavy atom. The Hall–Kier alpha value is -2.34. The molecular formula is C14H13N3O2S. The van der Waals surface area contributed by atoms with Crippen LogP contribution in [0.3, 0.4) is 0 Å². The Kier molecular flexibility index (Phi) is 3.39. The van der Waals surface area contributed by atoms with E-state index in [4.69, 9.17) is 4.42 Å². The van der Waals surface area contributed by atoms with Gasteiger partial charge in [0.15, 0.2) is 0 Å². The van der Waals surface area contributed by atoms with Crippen LogP contribution in [-0.4, -0.2) is 22.4 Å². The van der Waals surface area contributed by atoms with Crippen molar-refractivity contribution in [3.8, 4) is 16.5 Å². The lowest BCUT2D eigenvalue weighted by atomic mass is 10.3. The predicted molar refractivity (Wildman–Crippen MR) is 77.8 cm³/mol. The van der Waals surface area contributed by atoms with Crippen molar-refractivity contribution in [2.24, 2.45) is 0 Å². The number of anilines is 1. The Morgan fingerprint density at radius 1 is 1.25 bits per heavy atom. The number of nitrogens with zero attached hydrogens (tertiary/aromatic N) is 3. The van der Waals surface area contributed by atoms with E-state index in [-0.39, 0.29) is 5.75 Å². The predicted octanol–water partition coefficient (Wildman–Crippen LogP) is 3.14. The summed E-state index contributed by atoms with van der Waals surface area (Å²) in [4.78, 5) is 2.90. The average molecular weight is 287 g/mol. The van der Waals surface area contributed by atoms with Gasteiger partial charge < -0.3 is 14.4 Å². The Bertz CT molecular complexity index is 694. The Morgan fingerprint density at radius 2 is 2.15 bits per heavy atom. The Labute approximate surface area is 120 Å². The molecule has 0 saturated carbocycles. The Balaban J connectivity index is 1.75. The molecule has 0 aliphatic rings. The number of hydrogen-bond acceptors (Lipinski definition) is 6. The molecule has 102 valence electrons. The highest BCUT2D eigenvalue weighted by Gasteiger charge is 2.11. The molecule has 3 rings (SSSR count). The van der Waals surface area contributed by atoms with Crippen LogP contribution in [0.2, 0.25) is 0 Å². The molecule has 2 aromatic heterocycles. The van der Waals surface area contributed by atoms with Crippen LogP contribution in [-0.2, 0) is 6.54 Å². The number of thiophene rings is 1. The highest BCUT2D eigenvalue weighted by atomic mass is 32.1. The maximum absolute atomic E-state index is 9.48. The molecule has 0 amide bonds. The molecule has 0 aliphatic heterocycles. The molecule has 0 unspecified atom stereocenters. The smallest absolute Gasteiger partial charge is 0.257 e. The van der Waals surface area contributed by atoms with Crippen molar-refractivity contribution in [2.45, 2.75) is 6.54 Å². The molecule has 3 aromatic rings. The number of phenolic OH excluding ortho intramolecular Hbond substituents is 1. The number of benzene rings is 1. The fourth-order valence-corrected chi connectivity index (χ4v) is 2.49. The minimum Gasteiger partial charge on any atom is -0.508 e. The molecule has 1 aromatic carbocycles. The summed E-state index contributed by atoms with van der Waals surface area (Å²) in [6.45, 7) is 0.488. The first-order valence-electron chi connectivity index (χ1n) is 6.09. The second-order valence-electron chi connectivity index (χ2n) is 4.35. The topological polar surface area (TPSA) is 62.4 Å². The van der Waals surface area contributed by atoms with Crippen LogP contribution in [0.1, 0.15) is 5.89 Å². The lowest BCUT2D eigenvalue weighted by Gasteiger charge is -2.16. The zero-order chi connectivity index (χ0) is 13.9. The molecule has 0 bridgehead atoms. The van der Waals surface area contributed by atoms with Crippen LogP contribution in [0.25, 0.3) is 10.8 Å². The van der Waals surface area contributed by atoms with Gasteiger partial charge in [-0.1, -0.05) is 12.1 Å². The third-order valence-corrected chi connectivity index (χ3v) is 3.70. The molecule has 5 nitrogen and oxygen atoms in total. The van der Waals surface area contributed by atoms with Gasteiger partial charge in [0.05, 0.1) is 11.4 Å².